The van der Waals surface area contributed by atoms with E-state index < -0.39 is 37.1 Å². The first kappa shape index (κ1) is 17.3. The number of ether oxygens (including phenoxy) is 1. The number of aliphatic hydroxyl groups excluding tert-OH is 4. The summed E-state index contributed by atoms with van der Waals surface area (Å²) in [6, 6.07) is 6.71. The van der Waals surface area contributed by atoms with Crippen molar-refractivity contribution in [3.8, 4) is 0 Å². The predicted molar refractivity (Wildman–Crippen MR) is 80.2 cm³/mol. The van der Waals surface area contributed by atoms with Gasteiger partial charge in [0.05, 0.1) is 6.61 Å². The third-order valence-corrected chi connectivity index (χ3v) is 4.09. The van der Waals surface area contributed by atoms with Crippen molar-refractivity contribution in [3.63, 3.8) is 0 Å². The molecule has 5 unspecified atom stereocenters. The highest BCUT2D eigenvalue weighted by molar-refractivity contribution is 9.10. The van der Waals surface area contributed by atoms with Gasteiger partial charge >= 0.3 is 0 Å². The highest BCUT2D eigenvalue weighted by atomic mass is 79.9. The number of carbonyl (C=O) groups is 1. The van der Waals surface area contributed by atoms with Crippen LogP contribution in [0.2, 0.25) is 0 Å². The summed E-state index contributed by atoms with van der Waals surface area (Å²) in [7, 11) is 0. The monoisotopic (exact) mass is 375 g/mol. The van der Waals surface area contributed by atoms with Crippen LogP contribution in [0.1, 0.15) is 10.4 Å². The molecule has 1 aromatic carbocycles. The summed E-state index contributed by atoms with van der Waals surface area (Å²) in [5.41, 5.74) is 0.438. The maximum atomic E-state index is 12.0. The molecule has 1 amide bonds. The maximum Gasteiger partial charge on any atom is 0.251 e. The van der Waals surface area contributed by atoms with Gasteiger partial charge in [-0.05, 0) is 24.3 Å². The number of halogens is 1. The summed E-state index contributed by atoms with van der Waals surface area (Å²) in [6.07, 6.45) is -6.11. The van der Waals surface area contributed by atoms with Gasteiger partial charge in [0, 0.05) is 16.6 Å². The van der Waals surface area contributed by atoms with Crippen LogP contribution in [-0.2, 0) is 4.74 Å². The van der Waals surface area contributed by atoms with Gasteiger partial charge < -0.3 is 30.5 Å². The highest BCUT2D eigenvalue weighted by Crippen LogP contribution is 2.20. The van der Waals surface area contributed by atoms with E-state index in [-0.39, 0.29) is 12.5 Å². The molecule has 22 heavy (non-hydrogen) atoms. The minimum atomic E-state index is -1.44. The normalized spacial score (nSPS) is 31.8. The topological polar surface area (TPSA) is 119 Å². The van der Waals surface area contributed by atoms with E-state index in [1.165, 1.54) is 0 Å². The first-order valence-corrected chi connectivity index (χ1v) is 7.57. The Morgan fingerprint density at radius 1 is 1.09 bits per heavy atom. The van der Waals surface area contributed by atoms with Crippen LogP contribution in [0.25, 0.3) is 0 Å². The van der Waals surface area contributed by atoms with Crippen LogP contribution in [0, 0.1) is 0 Å². The van der Waals surface area contributed by atoms with Gasteiger partial charge in [-0.3, -0.25) is 4.79 Å². The van der Waals surface area contributed by atoms with Crippen LogP contribution in [0.15, 0.2) is 28.7 Å². The number of hydrogen-bond acceptors (Lipinski definition) is 6. The fourth-order valence-electron chi connectivity index (χ4n) is 2.24. The SMILES string of the molecule is O=C(NCC1OC(CO)C(O)C(O)C1O)c1ccc(Br)cc1. The Kier molecular flexibility index (Phi) is 5.90. The predicted octanol–water partition coefficient (Wildman–Crippen LogP) is -0.979. The van der Waals surface area contributed by atoms with E-state index in [2.05, 4.69) is 21.2 Å². The summed E-state index contributed by atoms with van der Waals surface area (Å²) in [4.78, 5) is 12.0. The number of benzene rings is 1. The minimum absolute atomic E-state index is 0.0592. The molecule has 1 aliphatic rings. The third-order valence-electron chi connectivity index (χ3n) is 3.56. The van der Waals surface area contributed by atoms with E-state index in [1.54, 1.807) is 24.3 Å². The van der Waals surface area contributed by atoms with Gasteiger partial charge in [0.25, 0.3) is 5.91 Å². The lowest BCUT2D eigenvalue weighted by atomic mass is 9.95. The molecule has 0 bridgehead atoms. The van der Waals surface area contributed by atoms with Crippen LogP contribution in [0.4, 0.5) is 0 Å². The van der Waals surface area contributed by atoms with Gasteiger partial charge in [-0.25, -0.2) is 0 Å². The lowest BCUT2D eigenvalue weighted by Gasteiger charge is -2.40. The van der Waals surface area contributed by atoms with Crippen LogP contribution >= 0.6 is 15.9 Å². The van der Waals surface area contributed by atoms with E-state index >= 15 is 0 Å². The molecule has 0 aliphatic carbocycles. The molecular weight excluding hydrogens is 358 g/mol. The smallest absolute Gasteiger partial charge is 0.251 e. The summed E-state index contributed by atoms with van der Waals surface area (Å²) in [6.45, 7) is -0.557. The first-order valence-electron chi connectivity index (χ1n) is 6.78. The van der Waals surface area contributed by atoms with Crippen molar-refractivity contribution in [1.29, 1.82) is 0 Å². The minimum Gasteiger partial charge on any atom is -0.394 e. The van der Waals surface area contributed by atoms with Crippen molar-refractivity contribution in [2.24, 2.45) is 0 Å². The van der Waals surface area contributed by atoms with Gasteiger partial charge in [-0.1, -0.05) is 15.9 Å². The zero-order valence-electron chi connectivity index (χ0n) is 11.6. The van der Waals surface area contributed by atoms with Crippen molar-refractivity contribution in [1.82, 2.24) is 5.32 Å². The molecular formula is C14H18BrNO6. The Labute approximate surface area is 135 Å². The van der Waals surface area contributed by atoms with Crippen LogP contribution in [0.5, 0.6) is 0 Å². The molecule has 5 atom stereocenters. The Hall–Kier alpha value is -1.03. The molecule has 122 valence electrons. The molecule has 1 saturated heterocycles. The number of rotatable bonds is 4. The molecule has 0 spiro atoms. The van der Waals surface area contributed by atoms with Crippen LogP contribution in [0.3, 0.4) is 0 Å². The zero-order chi connectivity index (χ0) is 16.3. The molecule has 2 rings (SSSR count). The van der Waals surface area contributed by atoms with Gasteiger partial charge in [-0.15, -0.1) is 0 Å². The standard InChI is InChI=1S/C14H18BrNO6/c15-8-3-1-7(2-4-8)14(21)16-5-9-11(18)13(20)12(19)10(6-17)22-9/h1-4,9-13,17-20H,5-6H2,(H,16,21). The molecule has 0 aromatic heterocycles. The number of amides is 1. The summed E-state index contributed by atoms with van der Waals surface area (Å²) < 4.78 is 6.15. The van der Waals surface area contributed by atoms with Gasteiger partial charge in [-0.2, -0.15) is 0 Å². The average Bonchev–Trinajstić information content (AvgIpc) is 2.52. The molecule has 7 nitrogen and oxygen atoms in total. The lowest BCUT2D eigenvalue weighted by Crippen LogP contribution is -2.60. The number of carbonyl (C=O) groups excluding carboxylic acids is 1. The maximum absolute atomic E-state index is 12.0. The molecule has 5 N–H and O–H groups in total. The van der Waals surface area contributed by atoms with E-state index in [0.717, 1.165) is 4.47 Å². The number of aliphatic hydroxyl groups is 4. The van der Waals surface area contributed by atoms with Crippen molar-refractivity contribution in [2.75, 3.05) is 13.2 Å². The van der Waals surface area contributed by atoms with Gasteiger partial charge in [0.1, 0.15) is 30.5 Å². The largest absolute Gasteiger partial charge is 0.394 e. The number of nitrogens with one attached hydrogen (secondary N) is 1. The molecule has 1 aliphatic heterocycles. The first-order chi connectivity index (χ1) is 10.4. The number of hydrogen-bond donors (Lipinski definition) is 5. The Morgan fingerprint density at radius 3 is 2.27 bits per heavy atom. The van der Waals surface area contributed by atoms with Crippen molar-refractivity contribution in [2.45, 2.75) is 30.5 Å². The third kappa shape index (κ3) is 3.83. The zero-order valence-corrected chi connectivity index (χ0v) is 13.2. The molecule has 0 radical (unpaired) electrons. The summed E-state index contributed by atoms with van der Waals surface area (Å²) >= 11 is 3.27. The fourth-order valence-corrected chi connectivity index (χ4v) is 2.51. The van der Waals surface area contributed by atoms with E-state index in [0.29, 0.717) is 5.56 Å². The van der Waals surface area contributed by atoms with Crippen LogP contribution < -0.4 is 5.32 Å². The van der Waals surface area contributed by atoms with Crippen LogP contribution in [-0.4, -0.2) is 70.0 Å². The second kappa shape index (κ2) is 7.49. The van der Waals surface area contributed by atoms with Crippen molar-refractivity contribution in [3.05, 3.63) is 34.3 Å². The summed E-state index contributed by atoms with van der Waals surface area (Å²) in [5.74, 6) is -0.357. The summed E-state index contributed by atoms with van der Waals surface area (Å²) in [5, 5.41) is 40.9. The Balaban J connectivity index is 1.95. The lowest BCUT2D eigenvalue weighted by molar-refractivity contribution is -0.227. The molecule has 1 aromatic rings. The fraction of sp³-hybridized carbons (Fsp3) is 0.500. The molecule has 1 fully saturated rings. The highest BCUT2D eigenvalue weighted by Gasteiger charge is 2.43. The van der Waals surface area contributed by atoms with Gasteiger partial charge in [0.15, 0.2) is 0 Å². The Morgan fingerprint density at radius 2 is 1.68 bits per heavy atom. The molecule has 0 saturated carbocycles. The van der Waals surface area contributed by atoms with Crippen molar-refractivity contribution >= 4 is 21.8 Å². The van der Waals surface area contributed by atoms with E-state index in [4.69, 9.17) is 9.84 Å². The Bertz CT molecular complexity index is 509. The van der Waals surface area contributed by atoms with E-state index in [9.17, 15) is 20.1 Å². The second-order valence-electron chi connectivity index (χ2n) is 5.08. The van der Waals surface area contributed by atoms with Crippen molar-refractivity contribution < 1.29 is 30.0 Å². The average molecular weight is 376 g/mol. The van der Waals surface area contributed by atoms with Gasteiger partial charge in [0.2, 0.25) is 0 Å². The molecule has 8 heteroatoms. The second-order valence-corrected chi connectivity index (χ2v) is 6.00. The molecule has 1 heterocycles. The quantitative estimate of drug-likeness (QED) is 0.461. The van der Waals surface area contributed by atoms with E-state index in [1.807, 2.05) is 0 Å².